The monoisotopic (exact) mass is 1220 g/mol. The maximum Gasteiger partial charge on any atom is 0.509 e. The molecule has 88 heavy (non-hydrogen) atoms. The number of aliphatic hydroxyl groups is 2. The molecular weight excluding hydrogens is 1130 g/mol. The van der Waals surface area contributed by atoms with Crippen LogP contribution in [0.4, 0.5) is 4.79 Å². The number of esters is 4. The molecule has 3 saturated heterocycles. The van der Waals surface area contributed by atoms with Crippen molar-refractivity contribution in [3.8, 4) is 0 Å². The quantitative estimate of drug-likeness (QED) is 0.0264. The highest BCUT2D eigenvalue weighted by molar-refractivity contribution is 5.96. The molecule has 0 aromatic heterocycles. The number of carbonyl (C=O) groups excluding carboxylic acids is 7. The van der Waals surface area contributed by atoms with Crippen molar-refractivity contribution in [1.29, 1.82) is 0 Å². The van der Waals surface area contributed by atoms with Crippen LogP contribution in [0.15, 0.2) is 114 Å². The van der Waals surface area contributed by atoms with Gasteiger partial charge in [0.25, 0.3) is 5.91 Å². The fourth-order valence-electron chi connectivity index (χ4n) is 13.5. The van der Waals surface area contributed by atoms with Gasteiger partial charge in [-0.1, -0.05) is 151 Å². The second-order valence-corrected chi connectivity index (χ2v) is 24.8. The zero-order chi connectivity index (χ0) is 63.2. The summed E-state index contributed by atoms with van der Waals surface area (Å²) in [5.74, 6) is -6.88. The van der Waals surface area contributed by atoms with Gasteiger partial charge in [-0.2, -0.15) is 0 Å². The summed E-state index contributed by atoms with van der Waals surface area (Å²) in [4.78, 5) is 100. The van der Waals surface area contributed by atoms with Crippen LogP contribution in [-0.4, -0.2) is 132 Å². The summed E-state index contributed by atoms with van der Waals surface area (Å²) < 4.78 is 54.7. The number of rotatable bonds is 28. The Bertz CT molecular complexity index is 2930. The first-order valence-electron chi connectivity index (χ1n) is 31.5. The molecule has 1 amide bonds. The van der Waals surface area contributed by atoms with E-state index in [1.165, 1.54) is 71.4 Å². The molecule has 0 radical (unpaired) electrons. The van der Waals surface area contributed by atoms with Gasteiger partial charge in [0.05, 0.1) is 23.7 Å². The first-order chi connectivity index (χ1) is 42.2. The second kappa shape index (κ2) is 30.6. The van der Waals surface area contributed by atoms with Gasteiger partial charge in [-0.15, -0.1) is 0 Å². The van der Waals surface area contributed by atoms with Gasteiger partial charge >= 0.3 is 30.0 Å². The number of carbonyl (C=O) groups is 7. The number of amides is 1. The minimum Gasteiger partial charge on any atom is -0.457 e. The van der Waals surface area contributed by atoms with Gasteiger partial charge in [0.2, 0.25) is 6.10 Å². The van der Waals surface area contributed by atoms with Crippen molar-refractivity contribution in [2.24, 2.45) is 16.7 Å². The molecule has 3 aliphatic carbocycles. The summed E-state index contributed by atoms with van der Waals surface area (Å²) in [7, 11) is 0. The normalized spacial score (nSPS) is 28.5. The van der Waals surface area contributed by atoms with E-state index >= 15 is 9.59 Å². The summed E-state index contributed by atoms with van der Waals surface area (Å²) in [5.41, 5.74) is -5.60. The lowest BCUT2D eigenvalue weighted by atomic mass is 9.49. The minimum atomic E-state index is -2.46. The Balaban J connectivity index is 1.05. The Morgan fingerprint density at radius 1 is 0.739 bits per heavy atom. The summed E-state index contributed by atoms with van der Waals surface area (Å²) in [5, 5.41) is 29.3. The van der Waals surface area contributed by atoms with Crippen LogP contribution in [0, 0.1) is 16.7 Å². The molecule has 5 fully saturated rings. The van der Waals surface area contributed by atoms with Crippen molar-refractivity contribution in [1.82, 2.24) is 5.32 Å². The third-order valence-corrected chi connectivity index (χ3v) is 18.4. The van der Waals surface area contributed by atoms with Crippen molar-refractivity contribution in [2.75, 3.05) is 13.2 Å². The van der Waals surface area contributed by atoms with Crippen LogP contribution >= 0.6 is 0 Å². The Labute approximate surface area is 516 Å². The zero-order valence-corrected chi connectivity index (χ0v) is 51.9. The van der Waals surface area contributed by atoms with E-state index in [0.29, 0.717) is 12.0 Å². The maximum atomic E-state index is 15.8. The molecule has 3 N–H and O–H groups in total. The molecule has 2 saturated carbocycles. The van der Waals surface area contributed by atoms with Gasteiger partial charge in [0.1, 0.15) is 48.8 Å². The Hall–Kier alpha value is -6.77. The average Bonchev–Trinajstić information content (AvgIpc) is 1.14. The Morgan fingerprint density at radius 3 is 1.95 bits per heavy atom. The number of Topliss-reactive ketones (excluding diaryl/α,β-unsaturated/α-hetero) is 1. The standard InChI is InChI=1S/C69H89NO18/c1-8-9-10-11-12-13-14-15-16-17-18-19-20-21-31-38-53-80-41-49(84-53)42-81-66(78)87-60(56(46-32-25-22-26-33-46)70-63(75)47-34-27-23-28-35-47)65(77)86-51-40-69(79)62(88-64(76)48-36-29-24-30-37-48)55-58-57(82-44(3)71)50(85-58)39-52(73)68(55,7)61(74)59(83-45(4)72)54(43(51)2)67(69,5)6/h15-16,22-30,32-37,49-53,55-60,62,73,79H,8-14,17-21,31,38-42H2,1-7H3,(H,70,75)/b16-15-/t49-,50+,51-,52-,53-,55-,56-,57+,58-,59+,60+,62-,68+,69+/m0/s1. The third-order valence-electron chi connectivity index (χ3n) is 18.4. The predicted molar refractivity (Wildman–Crippen MR) is 322 cm³/mol. The van der Waals surface area contributed by atoms with Crippen LogP contribution in [0.2, 0.25) is 0 Å². The highest BCUT2D eigenvalue weighted by Crippen LogP contribution is 2.62. The molecular formula is C69H89NO18. The lowest BCUT2D eigenvalue weighted by Crippen LogP contribution is -2.73. The number of fused-ring (bicyclic) bond motifs is 3. The lowest BCUT2D eigenvalue weighted by molar-refractivity contribution is -0.281. The number of aliphatic hydroxyl groups excluding tert-OH is 1. The summed E-state index contributed by atoms with van der Waals surface area (Å²) >= 11 is 0. The number of allylic oxidation sites excluding steroid dienone is 2. The second-order valence-electron chi connectivity index (χ2n) is 24.8. The molecule has 19 nitrogen and oxygen atoms in total. The van der Waals surface area contributed by atoms with E-state index in [1.807, 2.05) is 0 Å². The number of benzene rings is 3. The smallest absolute Gasteiger partial charge is 0.457 e. The van der Waals surface area contributed by atoms with Gasteiger partial charge in [0.15, 0.2) is 24.3 Å². The molecule has 4 bridgehead atoms. The maximum absolute atomic E-state index is 15.8. The van der Waals surface area contributed by atoms with E-state index < -0.39 is 138 Å². The fraction of sp³-hybridized carbons (Fsp3) is 0.580. The first kappa shape index (κ1) is 67.2. The third kappa shape index (κ3) is 15.6. The summed E-state index contributed by atoms with van der Waals surface area (Å²) in [6.45, 7) is 10.4. The predicted octanol–water partition coefficient (Wildman–Crippen LogP) is 10.7. The molecule has 3 heterocycles. The van der Waals surface area contributed by atoms with Crippen molar-refractivity contribution < 1.29 is 86.4 Å². The Kier molecular flexibility index (Phi) is 23.4. The van der Waals surface area contributed by atoms with E-state index in [-0.39, 0.29) is 41.9 Å². The van der Waals surface area contributed by atoms with Crippen LogP contribution in [0.3, 0.4) is 0 Å². The number of ketones is 1. The van der Waals surface area contributed by atoms with Crippen LogP contribution in [-0.2, 0) is 61.8 Å². The number of hydrogen-bond acceptors (Lipinski definition) is 18. The highest BCUT2D eigenvalue weighted by atomic mass is 16.8. The minimum absolute atomic E-state index is 0.0378. The lowest BCUT2D eigenvalue weighted by Gasteiger charge is -2.61. The van der Waals surface area contributed by atoms with Gasteiger partial charge in [0, 0.05) is 43.6 Å². The first-order valence-corrected chi connectivity index (χ1v) is 31.5. The molecule has 3 aromatic rings. The van der Waals surface area contributed by atoms with Crippen molar-refractivity contribution in [3.05, 3.63) is 131 Å². The van der Waals surface area contributed by atoms with Gasteiger partial charge < -0.3 is 58.2 Å². The van der Waals surface area contributed by atoms with Crippen molar-refractivity contribution in [2.45, 2.75) is 224 Å². The molecule has 0 spiro atoms. The van der Waals surface area contributed by atoms with Crippen molar-refractivity contribution in [3.63, 3.8) is 0 Å². The number of nitrogens with one attached hydrogen (secondary N) is 1. The highest BCUT2D eigenvalue weighted by Gasteiger charge is 2.74. The zero-order valence-electron chi connectivity index (χ0n) is 51.9. The van der Waals surface area contributed by atoms with Crippen LogP contribution in [0.5, 0.6) is 0 Å². The molecule has 14 atom stereocenters. The molecule has 3 aromatic carbocycles. The number of hydrogen-bond donors (Lipinski definition) is 3. The van der Waals surface area contributed by atoms with E-state index in [2.05, 4.69) is 24.4 Å². The molecule has 0 unspecified atom stereocenters. The molecule has 478 valence electrons. The van der Waals surface area contributed by atoms with Crippen LogP contribution in [0.1, 0.15) is 184 Å². The molecule has 3 aliphatic heterocycles. The molecule has 9 rings (SSSR count). The van der Waals surface area contributed by atoms with E-state index in [0.717, 1.165) is 51.9 Å². The largest absolute Gasteiger partial charge is 0.509 e. The van der Waals surface area contributed by atoms with Crippen LogP contribution in [0.25, 0.3) is 0 Å². The number of ether oxygens (including phenoxy) is 9. The number of unbranched alkanes of at least 4 members (excludes halogenated alkanes) is 11. The average molecular weight is 1220 g/mol. The Morgan fingerprint density at radius 2 is 1.33 bits per heavy atom. The topological polar surface area (TPSA) is 255 Å². The summed E-state index contributed by atoms with van der Waals surface area (Å²) in [6, 6.07) is 22.8. The van der Waals surface area contributed by atoms with Gasteiger partial charge in [-0.3, -0.25) is 19.2 Å². The molecule has 19 heteroatoms. The SMILES string of the molecule is CCCCCCCC/C=C\CCCCCCC[C@H]1OC[C@@H](COC(=O)O[C@@H](C(=O)O[C@H]2C[C@@]3(O)[C@@H](OC(=O)c4ccccc4)[C@@H]4[C@@H]5O[C@H](C[C@H](O)[C@@]4(C)C(=O)[C@H](OC(C)=O)C(=C2C)C3(C)C)[C@H]5OC(C)=O)[C@@H](NC(=O)c2ccccc2)c2ccccc2)O1. The van der Waals surface area contributed by atoms with Gasteiger partial charge in [-0.05, 0) is 93.3 Å². The van der Waals surface area contributed by atoms with E-state index in [4.69, 9.17) is 42.6 Å². The summed E-state index contributed by atoms with van der Waals surface area (Å²) in [6.07, 6.45) is 4.88. The fourth-order valence-corrected chi connectivity index (χ4v) is 13.5. The van der Waals surface area contributed by atoms with Crippen LogP contribution < -0.4 is 5.32 Å². The molecule has 6 aliphatic rings. The van der Waals surface area contributed by atoms with Crippen molar-refractivity contribution >= 4 is 41.7 Å². The van der Waals surface area contributed by atoms with E-state index in [1.54, 1.807) is 92.7 Å². The van der Waals surface area contributed by atoms with E-state index in [9.17, 15) is 34.2 Å². The van der Waals surface area contributed by atoms with Gasteiger partial charge in [-0.25, -0.2) is 14.4 Å².